The highest BCUT2D eigenvalue weighted by atomic mass is 32.2. The number of rotatable bonds is 4. The first kappa shape index (κ1) is 11.1. The summed E-state index contributed by atoms with van der Waals surface area (Å²) in [6.45, 7) is -0.778. The summed E-state index contributed by atoms with van der Waals surface area (Å²) in [5.41, 5.74) is 0.410. The van der Waals surface area contributed by atoms with Crippen LogP contribution in [0.1, 0.15) is 17.2 Å². The second-order valence-electron chi connectivity index (χ2n) is 2.89. The van der Waals surface area contributed by atoms with E-state index in [1.807, 2.05) is 0 Å². The van der Waals surface area contributed by atoms with Gasteiger partial charge in [-0.3, -0.25) is 8.94 Å². The van der Waals surface area contributed by atoms with Crippen molar-refractivity contribution in [3.05, 3.63) is 35.9 Å². The number of halogens is 1. The molecule has 0 aliphatic rings. The minimum absolute atomic E-state index is 0.219. The van der Waals surface area contributed by atoms with Gasteiger partial charge in [0.05, 0.1) is 6.67 Å². The molecule has 0 aliphatic heterocycles. The third-order valence-corrected chi connectivity index (χ3v) is 3.13. The molecule has 1 aromatic rings. The Kier molecular flexibility index (Phi) is 3.60. The van der Waals surface area contributed by atoms with Crippen LogP contribution >= 0.6 is 0 Å². The Labute approximate surface area is 82.3 Å². The van der Waals surface area contributed by atoms with E-state index < -0.39 is 22.0 Å². The average molecular weight is 217 g/mol. The lowest BCUT2D eigenvalue weighted by atomic mass is 10.1. The van der Waals surface area contributed by atoms with Gasteiger partial charge in [0.15, 0.2) is 0 Å². The summed E-state index contributed by atoms with van der Waals surface area (Å²) in [7, 11) is -4.22. The third kappa shape index (κ3) is 2.78. The van der Waals surface area contributed by atoms with Crippen molar-refractivity contribution < 1.29 is 17.4 Å². The van der Waals surface area contributed by atoms with Gasteiger partial charge in [-0.15, -0.1) is 0 Å². The Morgan fingerprint density at radius 1 is 1.29 bits per heavy atom. The van der Waals surface area contributed by atoms with Crippen LogP contribution in [-0.2, 0) is 10.1 Å². The summed E-state index contributed by atoms with van der Waals surface area (Å²) in [5.74, 6) is 0. The fourth-order valence-corrected chi connectivity index (χ4v) is 2.14. The second kappa shape index (κ2) is 4.52. The van der Waals surface area contributed by atoms with Crippen molar-refractivity contribution in [3.8, 4) is 0 Å². The van der Waals surface area contributed by atoms with Crippen LogP contribution in [0, 0.1) is 0 Å². The SMILES string of the molecule is O=S(=O)(O)C(CC[18F])c1ccccc1. The van der Waals surface area contributed by atoms with Gasteiger partial charge in [0.25, 0.3) is 10.1 Å². The molecule has 5 heteroatoms. The molecule has 0 amide bonds. The molecule has 1 aromatic carbocycles. The van der Waals surface area contributed by atoms with Gasteiger partial charge in [0.2, 0.25) is 0 Å². The topological polar surface area (TPSA) is 54.4 Å². The number of alkyl halides is 1. The molecule has 78 valence electrons. The molecule has 3 nitrogen and oxygen atoms in total. The van der Waals surface area contributed by atoms with E-state index in [2.05, 4.69) is 0 Å². The zero-order chi connectivity index (χ0) is 10.6. The largest absolute Gasteiger partial charge is 0.285 e. The molecule has 0 spiro atoms. The van der Waals surface area contributed by atoms with E-state index in [1.54, 1.807) is 30.3 Å². The van der Waals surface area contributed by atoms with Crippen LogP contribution in [-0.4, -0.2) is 19.6 Å². The zero-order valence-corrected chi connectivity index (χ0v) is 8.24. The van der Waals surface area contributed by atoms with Crippen LogP contribution in [0.2, 0.25) is 0 Å². The lowest BCUT2D eigenvalue weighted by Crippen LogP contribution is -2.12. The summed E-state index contributed by atoms with van der Waals surface area (Å²) in [4.78, 5) is 0. The van der Waals surface area contributed by atoms with Gasteiger partial charge in [-0.05, 0) is 12.0 Å². The van der Waals surface area contributed by atoms with Crippen molar-refractivity contribution in [3.63, 3.8) is 0 Å². The summed E-state index contributed by atoms with van der Waals surface area (Å²) in [6, 6.07) is 8.11. The lowest BCUT2D eigenvalue weighted by Gasteiger charge is -2.11. The van der Waals surface area contributed by atoms with Crippen molar-refractivity contribution in [2.45, 2.75) is 11.7 Å². The number of benzene rings is 1. The van der Waals surface area contributed by atoms with Gasteiger partial charge in [-0.2, -0.15) is 8.42 Å². The van der Waals surface area contributed by atoms with Crippen molar-refractivity contribution in [2.24, 2.45) is 0 Å². The Morgan fingerprint density at radius 3 is 2.29 bits per heavy atom. The molecule has 1 unspecified atom stereocenters. The van der Waals surface area contributed by atoms with E-state index in [-0.39, 0.29) is 6.42 Å². The second-order valence-corrected chi connectivity index (χ2v) is 4.49. The summed E-state index contributed by atoms with van der Waals surface area (Å²) in [6.07, 6.45) is -0.219. The predicted octanol–water partition coefficient (Wildman–Crippen LogP) is 1.98. The Balaban J connectivity index is 3.02. The molecule has 0 bridgehead atoms. The molecule has 0 heterocycles. The first-order chi connectivity index (χ1) is 6.55. The highest BCUT2D eigenvalue weighted by Gasteiger charge is 2.24. The summed E-state index contributed by atoms with van der Waals surface area (Å²) >= 11 is 0. The molecule has 0 fully saturated rings. The predicted molar refractivity (Wildman–Crippen MR) is 51.3 cm³/mol. The molecular formula is C9H11FO3S. The molecule has 14 heavy (non-hydrogen) atoms. The Morgan fingerprint density at radius 2 is 1.86 bits per heavy atom. The van der Waals surface area contributed by atoms with Crippen molar-refractivity contribution >= 4 is 10.1 Å². The first-order valence-electron chi connectivity index (χ1n) is 4.13. The molecule has 0 aromatic heterocycles. The zero-order valence-electron chi connectivity index (χ0n) is 7.43. The normalized spacial score (nSPS) is 13.9. The van der Waals surface area contributed by atoms with Gasteiger partial charge in [0.1, 0.15) is 5.25 Å². The molecular weight excluding hydrogens is 206 g/mol. The average Bonchev–Trinajstić information content (AvgIpc) is 2.14. The lowest BCUT2D eigenvalue weighted by molar-refractivity contribution is 0.430. The van der Waals surface area contributed by atoms with Gasteiger partial charge >= 0.3 is 0 Å². The van der Waals surface area contributed by atoms with E-state index >= 15 is 0 Å². The Bertz CT molecular complexity index is 374. The molecule has 0 saturated heterocycles. The highest BCUT2D eigenvalue weighted by Crippen LogP contribution is 2.24. The molecule has 0 aliphatic carbocycles. The summed E-state index contributed by atoms with van der Waals surface area (Å²) < 4.78 is 42.8. The van der Waals surface area contributed by atoms with Gasteiger partial charge in [-0.25, -0.2) is 0 Å². The standard InChI is InChI=1S/C9H11FO3S/c10-7-6-9(14(11,12)13)8-4-2-1-3-5-8/h1-5,9H,6-7H2,(H,11,12,13)/i10-1. The third-order valence-electron chi connectivity index (χ3n) is 1.90. The molecule has 0 saturated carbocycles. The molecule has 0 radical (unpaired) electrons. The highest BCUT2D eigenvalue weighted by molar-refractivity contribution is 7.86. The minimum Gasteiger partial charge on any atom is -0.285 e. The molecule has 1 rings (SSSR count). The van der Waals surface area contributed by atoms with Crippen LogP contribution in [0.3, 0.4) is 0 Å². The van der Waals surface area contributed by atoms with Crippen molar-refractivity contribution in [1.82, 2.24) is 0 Å². The molecule has 1 atom stereocenters. The maximum absolute atomic E-state index is 12.1. The van der Waals surface area contributed by atoms with E-state index in [1.165, 1.54) is 0 Å². The van der Waals surface area contributed by atoms with Gasteiger partial charge < -0.3 is 0 Å². The summed E-state index contributed by atoms with van der Waals surface area (Å²) in [5, 5.41) is -1.16. The van der Waals surface area contributed by atoms with Crippen LogP contribution in [0.15, 0.2) is 30.3 Å². The maximum atomic E-state index is 12.1. The first-order valence-corrected chi connectivity index (χ1v) is 5.63. The van der Waals surface area contributed by atoms with Crippen LogP contribution in [0.5, 0.6) is 0 Å². The fraction of sp³-hybridized carbons (Fsp3) is 0.333. The fourth-order valence-electron chi connectivity index (χ4n) is 1.25. The van der Waals surface area contributed by atoms with E-state index in [0.717, 1.165) is 0 Å². The van der Waals surface area contributed by atoms with Gasteiger partial charge in [0, 0.05) is 0 Å². The van der Waals surface area contributed by atoms with Crippen molar-refractivity contribution in [2.75, 3.05) is 6.67 Å². The van der Waals surface area contributed by atoms with E-state index in [9.17, 15) is 12.8 Å². The van der Waals surface area contributed by atoms with E-state index in [4.69, 9.17) is 4.55 Å². The van der Waals surface area contributed by atoms with Crippen LogP contribution < -0.4 is 0 Å². The van der Waals surface area contributed by atoms with Gasteiger partial charge in [-0.1, -0.05) is 30.3 Å². The quantitative estimate of drug-likeness (QED) is 0.784. The number of hydrogen-bond donors (Lipinski definition) is 1. The minimum atomic E-state index is -4.22. The van der Waals surface area contributed by atoms with Crippen LogP contribution in [0.4, 0.5) is 4.39 Å². The number of hydrogen-bond acceptors (Lipinski definition) is 2. The maximum Gasteiger partial charge on any atom is 0.272 e. The van der Waals surface area contributed by atoms with Crippen LogP contribution in [0.25, 0.3) is 0 Å². The Hall–Kier alpha value is -0.940. The smallest absolute Gasteiger partial charge is 0.272 e. The van der Waals surface area contributed by atoms with E-state index in [0.29, 0.717) is 5.56 Å². The molecule has 1 N–H and O–H groups in total. The monoisotopic (exact) mass is 217 g/mol. The van der Waals surface area contributed by atoms with Crippen molar-refractivity contribution in [1.29, 1.82) is 0 Å².